The quantitative estimate of drug-likeness (QED) is 0.718. The van der Waals surface area contributed by atoms with E-state index in [-0.39, 0.29) is 0 Å². The highest BCUT2D eigenvalue weighted by Gasteiger charge is 2.46. The molecule has 3 aromatic rings. The molecule has 0 radical (unpaired) electrons. The maximum atomic E-state index is 12.0. The summed E-state index contributed by atoms with van der Waals surface area (Å²) >= 11 is 0. The fourth-order valence-corrected chi connectivity index (χ4v) is 5.82. The van der Waals surface area contributed by atoms with E-state index in [9.17, 15) is 9.69 Å². The van der Waals surface area contributed by atoms with Gasteiger partial charge in [0, 0.05) is 0 Å². The van der Waals surface area contributed by atoms with Gasteiger partial charge in [-0.05, 0) is 48.9 Å². The van der Waals surface area contributed by atoms with E-state index < -0.39 is 13.4 Å². The van der Waals surface area contributed by atoms with Crippen LogP contribution in [-0.2, 0) is 0 Å². The predicted molar refractivity (Wildman–Crippen MR) is 101 cm³/mol. The standard InChI is InChI=1S/C20H18NO2P/c1-15-12-13-18(20(21)22)19(14-15)24(23,16-8-4-2-5-9-16)17-10-6-3-7-11-17/h2-14,23H,1H3,(H-,21,22)/p+1. The third-order valence-corrected chi connectivity index (χ3v) is 7.19. The van der Waals surface area contributed by atoms with Crippen molar-refractivity contribution in [1.82, 2.24) is 0 Å². The summed E-state index contributed by atoms with van der Waals surface area (Å²) in [6.07, 6.45) is 0. The number of carbonyl (C=O) groups is 1. The first-order chi connectivity index (χ1) is 11.5. The van der Waals surface area contributed by atoms with Gasteiger partial charge in [-0.25, -0.2) is 4.89 Å². The molecule has 1 amide bonds. The smallest absolute Gasteiger partial charge is 0.252 e. The summed E-state index contributed by atoms with van der Waals surface area (Å²) in [5.41, 5.74) is 6.92. The molecule has 0 aliphatic heterocycles. The molecule has 0 aliphatic rings. The van der Waals surface area contributed by atoms with E-state index >= 15 is 0 Å². The molecule has 0 spiro atoms. The molecule has 3 nitrogen and oxygen atoms in total. The number of carbonyl (C=O) groups excluding carboxylic acids is 1. The lowest BCUT2D eigenvalue weighted by Gasteiger charge is -2.22. The molecule has 0 saturated heterocycles. The second-order valence-electron chi connectivity index (χ2n) is 5.69. The van der Waals surface area contributed by atoms with Crippen molar-refractivity contribution >= 4 is 29.3 Å². The minimum Gasteiger partial charge on any atom is -0.365 e. The first-order valence-electron chi connectivity index (χ1n) is 7.67. The first-order valence-corrected chi connectivity index (χ1v) is 9.41. The molecule has 3 rings (SSSR count). The van der Waals surface area contributed by atoms with Crippen LogP contribution in [-0.4, -0.2) is 10.8 Å². The van der Waals surface area contributed by atoms with Gasteiger partial charge in [-0.1, -0.05) is 42.5 Å². The van der Waals surface area contributed by atoms with Gasteiger partial charge in [0.05, 0.1) is 5.56 Å². The van der Waals surface area contributed by atoms with Gasteiger partial charge < -0.3 is 5.73 Å². The number of benzene rings is 3. The zero-order valence-corrected chi connectivity index (χ0v) is 14.3. The van der Waals surface area contributed by atoms with Crippen molar-refractivity contribution in [2.45, 2.75) is 6.92 Å². The highest BCUT2D eigenvalue weighted by molar-refractivity contribution is 7.91. The average molecular weight is 336 g/mol. The van der Waals surface area contributed by atoms with Crippen molar-refractivity contribution in [1.29, 1.82) is 0 Å². The number of rotatable bonds is 4. The van der Waals surface area contributed by atoms with E-state index in [1.54, 1.807) is 6.07 Å². The Kier molecular flexibility index (Phi) is 4.48. The molecule has 0 aromatic heterocycles. The van der Waals surface area contributed by atoms with E-state index in [0.717, 1.165) is 16.2 Å². The maximum absolute atomic E-state index is 12.0. The molecule has 0 heterocycles. The Hall–Kier alpha value is -2.48. The normalized spacial score (nSPS) is 11.2. The van der Waals surface area contributed by atoms with Gasteiger partial charge in [0.1, 0.15) is 15.9 Å². The molecule has 0 saturated carbocycles. The Morgan fingerprint density at radius 3 is 1.83 bits per heavy atom. The summed E-state index contributed by atoms with van der Waals surface area (Å²) in [4.78, 5) is 23.9. The Labute approximate surface area is 142 Å². The lowest BCUT2D eigenvalue weighted by atomic mass is 10.1. The minimum atomic E-state index is -2.95. The van der Waals surface area contributed by atoms with Gasteiger partial charge in [0.25, 0.3) is 5.91 Å². The molecule has 3 N–H and O–H groups in total. The number of nitrogens with two attached hydrogens (primary N) is 1. The van der Waals surface area contributed by atoms with Crippen molar-refractivity contribution in [3.05, 3.63) is 90.0 Å². The molecule has 0 fully saturated rings. The number of primary amides is 1. The predicted octanol–water partition coefficient (Wildman–Crippen LogP) is 2.30. The second-order valence-corrected chi connectivity index (χ2v) is 8.48. The summed E-state index contributed by atoms with van der Waals surface area (Å²) < 4.78 is 0. The van der Waals surface area contributed by atoms with Crippen LogP contribution in [0.5, 0.6) is 0 Å². The fourth-order valence-electron chi connectivity index (χ4n) is 2.83. The van der Waals surface area contributed by atoms with Gasteiger partial charge >= 0.3 is 0 Å². The second kappa shape index (κ2) is 6.56. The van der Waals surface area contributed by atoms with Crippen LogP contribution < -0.4 is 21.6 Å². The first kappa shape index (κ1) is 16.4. The van der Waals surface area contributed by atoms with Crippen LogP contribution in [0.2, 0.25) is 0 Å². The minimum absolute atomic E-state index is 0.365. The Balaban J connectivity index is 2.36. The summed E-state index contributed by atoms with van der Waals surface area (Å²) in [6, 6.07) is 24.4. The van der Waals surface area contributed by atoms with E-state index in [0.29, 0.717) is 10.9 Å². The highest BCUT2D eigenvalue weighted by atomic mass is 31.2. The molecule has 0 atom stereocenters. The lowest BCUT2D eigenvalue weighted by Crippen LogP contribution is -2.35. The number of amides is 1. The van der Waals surface area contributed by atoms with Crippen LogP contribution in [0.1, 0.15) is 15.9 Å². The molecular weight excluding hydrogens is 317 g/mol. The summed E-state index contributed by atoms with van der Waals surface area (Å²) in [6.45, 7) is 1.94. The lowest BCUT2D eigenvalue weighted by molar-refractivity contribution is 0.100. The van der Waals surface area contributed by atoms with E-state index in [2.05, 4.69) is 0 Å². The molecule has 0 unspecified atom stereocenters. The van der Waals surface area contributed by atoms with E-state index in [1.807, 2.05) is 79.7 Å². The SMILES string of the molecule is Cc1ccc(C(N)=O)c([P+](O)(c2ccccc2)c2ccccc2)c1. The number of hydrogen-bond acceptors (Lipinski definition) is 2. The van der Waals surface area contributed by atoms with Crippen molar-refractivity contribution in [2.24, 2.45) is 5.73 Å². The van der Waals surface area contributed by atoms with Crippen molar-refractivity contribution in [3.8, 4) is 0 Å². The van der Waals surface area contributed by atoms with Gasteiger partial charge in [-0.3, -0.25) is 4.79 Å². The van der Waals surface area contributed by atoms with Crippen molar-refractivity contribution < 1.29 is 9.69 Å². The van der Waals surface area contributed by atoms with Gasteiger partial charge in [0.2, 0.25) is 7.49 Å². The zero-order chi connectivity index (χ0) is 17.2. The zero-order valence-electron chi connectivity index (χ0n) is 13.4. The third-order valence-electron chi connectivity index (χ3n) is 4.03. The van der Waals surface area contributed by atoms with Gasteiger partial charge in [0.15, 0.2) is 0 Å². The summed E-state index contributed by atoms with van der Waals surface area (Å²) in [5, 5.41) is 2.20. The monoisotopic (exact) mass is 336 g/mol. The molecule has 24 heavy (non-hydrogen) atoms. The van der Waals surface area contributed by atoms with Gasteiger partial charge in [-0.15, -0.1) is 0 Å². The number of hydrogen-bond donors (Lipinski definition) is 2. The molecule has 0 bridgehead atoms. The molecule has 3 aromatic carbocycles. The number of aryl methyl sites for hydroxylation is 1. The van der Waals surface area contributed by atoms with E-state index in [4.69, 9.17) is 5.73 Å². The van der Waals surface area contributed by atoms with Crippen molar-refractivity contribution in [3.63, 3.8) is 0 Å². The Morgan fingerprint density at radius 2 is 1.38 bits per heavy atom. The van der Waals surface area contributed by atoms with Crippen LogP contribution in [0.15, 0.2) is 78.9 Å². The largest absolute Gasteiger partial charge is 0.365 e. The summed E-state index contributed by atoms with van der Waals surface area (Å²) in [7, 11) is -2.95. The Bertz CT molecular complexity index is 824. The Morgan fingerprint density at radius 1 is 0.875 bits per heavy atom. The van der Waals surface area contributed by atoms with Crippen LogP contribution in [0.3, 0.4) is 0 Å². The highest BCUT2D eigenvalue weighted by Crippen LogP contribution is 2.51. The van der Waals surface area contributed by atoms with Crippen LogP contribution in [0.4, 0.5) is 0 Å². The average Bonchev–Trinajstić information content (AvgIpc) is 2.62. The fraction of sp³-hybridized carbons (Fsp3) is 0.0500. The van der Waals surface area contributed by atoms with Crippen molar-refractivity contribution in [2.75, 3.05) is 0 Å². The topological polar surface area (TPSA) is 63.3 Å². The third kappa shape index (κ3) is 2.84. The summed E-state index contributed by atoms with van der Waals surface area (Å²) in [5.74, 6) is -0.532. The van der Waals surface area contributed by atoms with Gasteiger partial charge in [-0.2, -0.15) is 0 Å². The van der Waals surface area contributed by atoms with E-state index in [1.165, 1.54) is 0 Å². The van der Waals surface area contributed by atoms with Crippen LogP contribution >= 0.6 is 7.49 Å². The molecule has 120 valence electrons. The maximum Gasteiger partial charge on any atom is 0.252 e. The molecular formula is C20H19NO2P+. The molecule has 0 aliphatic carbocycles. The van der Waals surface area contributed by atoms with Crippen LogP contribution in [0, 0.1) is 6.92 Å². The molecule has 4 heteroatoms. The van der Waals surface area contributed by atoms with Crippen LogP contribution in [0.25, 0.3) is 0 Å².